The normalized spacial score (nSPS) is 35.0. The summed E-state index contributed by atoms with van der Waals surface area (Å²) in [6, 6.07) is 0. The summed E-state index contributed by atoms with van der Waals surface area (Å²) < 4.78 is 11.1. The van der Waals surface area contributed by atoms with Crippen LogP contribution in [-0.4, -0.2) is 56.5 Å². The van der Waals surface area contributed by atoms with E-state index in [4.69, 9.17) is 15.2 Å². The predicted molar refractivity (Wildman–Crippen MR) is 81.8 cm³/mol. The van der Waals surface area contributed by atoms with E-state index in [-0.39, 0.29) is 11.0 Å². The molecule has 2 fully saturated rings. The monoisotopic (exact) mass is 284 g/mol. The fourth-order valence-electron chi connectivity index (χ4n) is 3.72. The summed E-state index contributed by atoms with van der Waals surface area (Å²) in [6.45, 7) is 11.6. The number of ether oxygens (including phenoxy) is 2. The van der Waals surface area contributed by atoms with Gasteiger partial charge < -0.3 is 20.1 Å². The Morgan fingerprint density at radius 2 is 1.90 bits per heavy atom. The van der Waals surface area contributed by atoms with Crippen molar-refractivity contribution >= 4 is 0 Å². The fraction of sp³-hybridized carbons (Fsp3) is 1.00. The van der Waals surface area contributed by atoms with Gasteiger partial charge in [-0.25, -0.2) is 0 Å². The zero-order valence-corrected chi connectivity index (χ0v) is 13.7. The number of hydrogen-bond donors (Lipinski definition) is 1. The molecular formula is C16H32N2O2. The molecule has 2 unspecified atom stereocenters. The fourth-order valence-corrected chi connectivity index (χ4v) is 3.72. The lowest BCUT2D eigenvalue weighted by atomic mass is 9.54. The van der Waals surface area contributed by atoms with Gasteiger partial charge in [-0.15, -0.1) is 0 Å². The Bertz CT molecular complexity index is 314. The van der Waals surface area contributed by atoms with Crippen molar-refractivity contribution in [3.8, 4) is 0 Å². The maximum absolute atomic E-state index is 6.68. The van der Waals surface area contributed by atoms with Crippen LogP contribution in [0, 0.1) is 11.3 Å². The lowest BCUT2D eigenvalue weighted by molar-refractivity contribution is -0.157. The molecule has 2 rings (SSSR count). The maximum atomic E-state index is 6.68. The second kappa shape index (κ2) is 6.30. The van der Waals surface area contributed by atoms with E-state index >= 15 is 0 Å². The molecule has 4 heteroatoms. The third kappa shape index (κ3) is 3.03. The van der Waals surface area contributed by atoms with Gasteiger partial charge in [0.1, 0.15) is 0 Å². The Morgan fingerprint density at radius 1 is 1.25 bits per heavy atom. The molecule has 2 atom stereocenters. The number of nitrogens with zero attached hydrogens (tertiary/aromatic N) is 1. The topological polar surface area (TPSA) is 47.7 Å². The van der Waals surface area contributed by atoms with Crippen LogP contribution >= 0.6 is 0 Å². The van der Waals surface area contributed by atoms with Crippen LogP contribution in [-0.2, 0) is 9.47 Å². The van der Waals surface area contributed by atoms with Crippen molar-refractivity contribution in [1.29, 1.82) is 0 Å². The molecule has 0 radical (unpaired) electrons. The van der Waals surface area contributed by atoms with Crippen LogP contribution in [0.5, 0.6) is 0 Å². The minimum absolute atomic E-state index is 0.0758. The van der Waals surface area contributed by atoms with Crippen LogP contribution in [0.15, 0.2) is 0 Å². The van der Waals surface area contributed by atoms with Gasteiger partial charge in [0.2, 0.25) is 0 Å². The molecule has 1 saturated heterocycles. The van der Waals surface area contributed by atoms with Crippen LogP contribution in [0.1, 0.15) is 40.0 Å². The molecule has 2 N–H and O–H groups in total. The van der Waals surface area contributed by atoms with Gasteiger partial charge in [-0.2, -0.15) is 0 Å². The van der Waals surface area contributed by atoms with E-state index in [1.807, 2.05) is 0 Å². The molecule has 0 aromatic carbocycles. The predicted octanol–water partition coefficient (Wildman–Crippen LogP) is 1.88. The molecular weight excluding hydrogens is 252 g/mol. The summed E-state index contributed by atoms with van der Waals surface area (Å²) in [6.07, 6.45) is 3.79. The van der Waals surface area contributed by atoms with Gasteiger partial charge >= 0.3 is 0 Å². The summed E-state index contributed by atoms with van der Waals surface area (Å²) >= 11 is 0. The van der Waals surface area contributed by atoms with Gasteiger partial charge in [-0.3, -0.25) is 0 Å². The molecule has 0 amide bonds. The minimum atomic E-state index is -0.0963. The van der Waals surface area contributed by atoms with Crippen molar-refractivity contribution in [3.05, 3.63) is 0 Å². The van der Waals surface area contributed by atoms with Crippen molar-refractivity contribution in [2.24, 2.45) is 17.1 Å². The molecule has 2 aliphatic rings. The summed E-state index contributed by atoms with van der Waals surface area (Å²) in [5.74, 6) is 0.732. The van der Waals surface area contributed by atoms with E-state index in [1.54, 1.807) is 7.11 Å². The number of piperidine rings is 1. The minimum Gasteiger partial charge on any atom is -0.384 e. The Hall–Kier alpha value is -0.160. The number of nitrogens with two attached hydrogens (primary N) is 1. The summed E-state index contributed by atoms with van der Waals surface area (Å²) in [5.41, 5.74) is 6.66. The summed E-state index contributed by atoms with van der Waals surface area (Å²) in [5, 5.41) is 0. The number of rotatable bonds is 6. The molecule has 1 aliphatic carbocycles. The van der Waals surface area contributed by atoms with Crippen LogP contribution in [0.2, 0.25) is 0 Å². The van der Waals surface area contributed by atoms with Crippen molar-refractivity contribution in [2.45, 2.75) is 51.7 Å². The van der Waals surface area contributed by atoms with Gasteiger partial charge in [0.15, 0.2) is 0 Å². The van der Waals surface area contributed by atoms with Crippen molar-refractivity contribution in [2.75, 3.05) is 40.0 Å². The highest BCUT2D eigenvalue weighted by Crippen LogP contribution is 2.50. The van der Waals surface area contributed by atoms with Gasteiger partial charge in [0.25, 0.3) is 0 Å². The van der Waals surface area contributed by atoms with Crippen molar-refractivity contribution < 1.29 is 9.47 Å². The van der Waals surface area contributed by atoms with E-state index in [0.29, 0.717) is 6.10 Å². The molecule has 118 valence electrons. The van der Waals surface area contributed by atoms with Crippen molar-refractivity contribution in [1.82, 2.24) is 4.90 Å². The van der Waals surface area contributed by atoms with Gasteiger partial charge in [-0.1, -0.05) is 13.8 Å². The van der Waals surface area contributed by atoms with E-state index in [2.05, 4.69) is 25.7 Å². The lowest BCUT2D eigenvalue weighted by Gasteiger charge is -2.60. The quantitative estimate of drug-likeness (QED) is 0.809. The number of methoxy groups -OCH3 is 1. The zero-order valence-electron chi connectivity index (χ0n) is 13.7. The Kier molecular flexibility index (Phi) is 5.11. The zero-order chi connectivity index (χ0) is 14.8. The molecule has 0 aromatic rings. The van der Waals surface area contributed by atoms with Gasteiger partial charge in [0.05, 0.1) is 6.10 Å². The molecule has 20 heavy (non-hydrogen) atoms. The number of hydrogen-bond acceptors (Lipinski definition) is 4. The molecule has 0 aromatic heterocycles. The summed E-state index contributed by atoms with van der Waals surface area (Å²) in [7, 11) is 1.80. The van der Waals surface area contributed by atoms with Crippen LogP contribution in [0.3, 0.4) is 0 Å². The van der Waals surface area contributed by atoms with E-state index in [9.17, 15) is 0 Å². The lowest BCUT2D eigenvalue weighted by Crippen LogP contribution is -2.73. The molecule has 0 bridgehead atoms. The smallest absolute Gasteiger partial charge is 0.0662 e. The molecule has 1 heterocycles. The second-order valence-corrected chi connectivity index (χ2v) is 7.20. The SMILES string of the molecule is CCOC1CC(N)(CN2CCC(COC)CC2)C1(C)C. The Morgan fingerprint density at radius 3 is 2.40 bits per heavy atom. The highest BCUT2D eigenvalue weighted by atomic mass is 16.5. The first-order chi connectivity index (χ1) is 9.43. The average molecular weight is 284 g/mol. The van der Waals surface area contributed by atoms with Crippen LogP contribution in [0.4, 0.5) is 0 Å². The van der Waals surface area contributed by atoms with E-state index in [1.165, 1.54) is 12.8 Å². The Labute approximate surface area is 124 Å². The largest absolute Gasteiger partial charge is 0.384 e. The first-order valence-electron chi connectivity index (χ1n) is 8.04. The first-order valence-corrected chi connectivity index (χ1v) is 8.04. The highest BCUT2D eigenvalue weighted by molar-refractivity contribution is 5.14. The van der Waals surface area contributed by atoms with Gasteiger partial charge in [-0.05, 0) is 45.2 Å². The third-order valence-electron chi connectivity index (χ3n) is 5.62. The molecule has 1 aliphatic heterocycles. The van der Waals surface area contributed by atoms with Gasteiger partial charge in [0, 0.05) is 37.8 Å². The number of likely N-dealkylation sites (tertiary alicyclic amines) is 1. The van der Waals surface area contributed by atoms with E-state index in [0.717, 1.165) is 45.2 Å². The highest BCUT2D eigenvalue weighted by Gasteiger charge is 2.58. The molecule has 4 nitrogen and oxygen atoms in total. The Balaban J connectivity index is 1.82. The standard InChI is InChI=1S/C16H32N2O2/c1-5-20-14-10-16(17,15(14,2)3)12-18-8-6-13(7-9-18)11-19-4/h13-14H,5-12,17H2,1-4H3. The third-order valence-corrected chi connectivity index (χ3v) is 5.62. The van der Waals surface area contributed by atoms with Crippen LogP contribution < -0.4 is 5.73 Å². The molecule has 1 saturated carbocycles. The van der Waals surface area contributed by atoms with Crippen LogP contribution in [0.25, 0.3) is 0 Å². The van der Waals surface area contributed by atoms with E-state index < -0.39 is 0 Å². The summed E-state index contributed by atoms with van der Waals surface area (Å²) in [4.78, 5) is 2.54. The average Bonchev–Trinajstić information content (AvgIpc) is 2.41. The maximum Gasteiger partial charge on any atom is 0.0662 e. The van der Waals surface area contributed by atoms with Crippen molar-refractivity contribution in [3.63, 3.8) is 0 Å². The molecule has 0 spiro atoms. The first kappa shape index (κ1) is 16.2. The second-order valence-electron chi connectivity index (χ2n) is 7.20.